The van der Waals surface area contributed by atoms with Crippen molar-refractivity contribution in [1.82, 2.24) is 20.4 Å². The Hall–Kier alpha value is -0.800. The van der Waals surface area contributed by atoms with Gasteiger partial charge in [-0.1, -0.05) is 13.8 Å². The van der Waals surface area contributed by atoms with Crippen LogP contribution in [-0.2, 0) is 0 Å². The van der Waals surface area contributed by atoms with Crippen molar-refractivity contribution in [1.29, 1.82) is 0 Å². The highest BCUT2D eigenvalue weighted by molar-refractivity contribution is 14.0. The fraction of sp³-hybridized carbons (Fsp3) is 0.762. The molecule has 2 heterocycles. The van der Waals surface area contributed by atoms with Gasteiger partial charge in [0.15, 0.2) is 5.96 Å². The fourth-order valence-corrected chi connectivity index (χ4v) is 3.78. The van der Waals surface area contributed by atoms with Crippen LogP contribution in [0.25, 0.3) is 0 Å². The first-order valence-electron chi connectivity index (χ1n) is 10.6. The Morgan fingerprint density at radius 1 is 1.25 bits per heavy atom. The highest BCUT2D eigenvalue weighted by atomic mass is 127. The fourth-order valence-electron chi connectivity index (χ4n) is 3.78. The van der Waals surface area contributed by atoms with E-state index in [0.717, 1.165) is 44.4 Å². The molecular formula is C21H40IN5O. The second-order valence-electron chi connectivity index (χ2n) is 7.52. The molecular weight excluding hydrogens is 465 g/mol. The summed E-state index contributed by atoms with van der Waals surface area (Å²) in [7, 11) is 0. The van der Waals surface area contributed by atoms with E-state index in [-0.39, 0.29) is 30.0 Å². The predicted octanol–water partition coefficient (Wildman–Crippen LogP) is 3.71. The summed E-state index contributed by atoms with van der Waals surface area (Å²) >= 11 is 0. The maximum Gasteiger partial charge on any atom is 0.191 e. The largest absolute Gasteiger partial charge is 0.468 e. The third-order valence-corrected chi connectivity index (χ3v) is 5.49. The van der Waals surface area contributed by atoms with Crippen LogP contribution >= 0.6 is 24.0 Å². The van der Waals surface area contributed by atoms with Crippen LogP contribution in [0.2, 0.25) is 0 Å². The number of furan rings is 1. The first kappa shape index (κ1) is 25.2. The molecule has 7 heteroatoms. The zero-order chi connectivity index (χ0) is 19.6. The molecule has 0 radical (unpaired) electrons. The topological polar surface area (TPSA) is 56.0 Å². The normalized spacial score (nSPS) is 17.6. The summed E-state index contributed by atoms with van der Waals surface area (Å²) < 4.78 is 5.70. The van der Waals surface area contributed by atoms with Gasteiger partial charge in [-0.05, 0) is 58.8 Å². The third kappa shape index (κ3) is 7.55. The number of hydrogen-bond acceptors (Lipinski definition) is 4. The van der Waals surface area contributed by atoms with Crippen LogP contribution in [0.3, 0.4) is 0 Å². The molecule has 0 bridgehead atoms. The number of halogens is 1. The molecule has 162 valence electrons. The third-order valence-electron chi connectivity index (χ3n) is 5.49. The number of nitrogens with one attached hydrogen (secondary N) is 2. The molecule has 1 unspecified atom stereocenters. The minimum Gasteiger partial charge on any atom is -0.468 e. The summed E-state index contributed by atoms with van der Waals surface area (Å²) in [5.74, 6) is 1.91. The quantitative estimate of drug-likeness (QED) is 0.305. The van der Waals surface area contributed by atoms with Gasteiger partial charge in [-0.25, -0.2) is 0 Å². The van der Waals surface area contributed by atoms with Gasteiger partial charge in [0.05, 0.1) is 18.8 Å². The van der Waals surface area contributed by atoms with Gasteiger partial charge >= 0.3 is 0 Å². The van der Waals surface area contributed by atoms with E-state index in [2.05, 4.69) is 61.1 Å². The van der Waals surface area contributed by atoms with Crippen molar-refractivity contribution >= 4 is 29.9 Å². The maximum absolute atomic E-state index is 5.70. The Kier molecular flexibility index (Phi) is 12.1. The minimum atomic E-state index is 0. The van der Waals surface area contributed by atoms with Crippen LogP contribution < -0.4 is 10.6 Å². The summed E-state index contributed by atoms with van der Waals surface area (Å²) in [6, 6.07) is 5.32. The Morgan fingerprint density at radius 2 is 1.93 bits per heavy atom. The molecule has 6 nitrogen and oxygen atoms in total. The lowest BCUT2D eigenvalue weighted by atomic mass is 10.0. The van der Waals surface area contributed by atoms with Crippen molar-refractivity contribution in [3.8, 4) is 0 Å². The summed E-state index contributed by atoms with van der Waals surface area (Å²) in [6.45, 7) is 16.9. The molecule has 2 rings (SSSR count). The molecule has 0 saturated carbocycles. The van der Waals surface area contributed by atoms with E-state index < -0.39 is 0 Å². The van der Waals surface area contributed by atoms with Gasteiger partial charge in [-0.15, -0.1) is 24.0 Å². The van der Waals surface area contributed by atoms with Crippen LogP contribution in [0.15, 0.2) is 27.8 Å². The Balaban J connectivity index is 0.00000392. The summed E-state index contributed by atoms with van der Waals surface area (Å²) in [5.41, 5.74) is 0. The molecule has 1 fully saturated rings. The molecule has 2 N–H and O–H groups in total. The molecule has 0 amide bonds. The summed E-state index contributed by atoms with van der Waals surface area (Å²) in [4.78, 5) is 9.86. The van der Waals surface area contributed by atoms with Gasteiger partial charge in [-0.3, -0.25) is 9.89 Å². The monoisotopic (exact) mass is 505 g/mol. The lowest BCUT2D eigenvalue weighted by Crippen LogP contribution is -2.50. The molecule has 1 saturated heterocycles. The minimum absolute atomic E-state index is 0. The number of rotatable bonds is 9. The van der Waals surface area contributed by atoms with Crippen molar-refractivity contribution in [3.05, 3.63) is 24.2 Å². The van der Waals surface area contributed by atoms with Crippen LogP contribution in [0.5, 0.6) is 0 Å². The second kappa shape index (κ2) is 13.4. The highest BCUT2D eigenvalue weighted by Gasteiger charge is 2.23. The number of nitrogens with zero attached hydrogens (tertiary/aromatic N) is 3. The number of likely N-dealkylation sites (N-methyl/N-ethyl adjacent to an activating group) is 1. The van der Waals surface area contributed by atoms with E-state index in [1.165, 1.54) is 12.8 Å². The number of piperidine rings is 1. The van der Waals surface area contributed by atoms with E-state index in [1.807, 2.05) is 6.07 Å². The second-order valence-corrected chi connectivity index (χ2v) is 7.52. The van der Waals surface area contributed by atoms with Gasteiger partial charge in [-0.2, -0.15) is 0 Å². The molecule has 0 spiro atoms. The Bertz CT molecular complexity index is 537. The molecule has 1 atom stereocenters. The molecule has 28 heavy (non-hydrogen) atoms. The Morgan fingerprint density at radius 3 is 2.43 bits per heavy atom. The standard InChI is InChI=1S/C21H39N5O.HI/c1-6-22-21(24-18-11-13-26(14-12-18)17(4)5)23-16-19(25(7-2)8-3)20-10-9-15-27-20;/h9-10,15,17-19H,6-8,11-14,16H2,1-5H3,(H2,22,23,24);1H. The van der Waals surface area contributed by atoms with Crippen molar-refractivity contribution in [2.45, 2.75) is 65.6 Å². The SMILES string of the molecule is CCNC(=NCC(c1ccco1)N(CC)CC)NC1CCN(C(C)C)CC1.I. The highest BCUT2D eigenvalue weighted by Crippen LogP contribution is 2.21. The first-order valence-corrected chi connectivity index (χ1v) is 10.6. The van der Waals surface area contributed by atoms with Crippen molar-refractivity contribution < 1.29 is 4.42 Å². The molecule has 0 aromatic carbocycles. The molecule has 0 aliphatic carbocycles. The van der Waals surface area contributed by atoms with Crippen molar-refractivity contribution in [3.63, 3.8) is 0 Å². The smallest absolute Gasteiger partial charge is 0.191 e. The average molecular weight is 505 g/mol. The summed E-state index contributed by atoms with van der Waals surface area (Å²) in [6.07, 6.45) is 4.09. The number of hydrogen-bond donors (Lipinski definition) is 2. The molecule has 1 aliphatic heterocycles. The van der Waals surface area contributed by atoms with Crippen LogP contribution in [0.1, 0.15) is 59.3 Å². The van der Waals surface area contributed by atoms with E-state index in [4.69, 9.17) is 9.41 Å². The van der Waals surface area contributed by atoms with E-state index in [0.29, 0.717) is 18.6 Å². The lowest BCUT2D eigenvalue weighted by Gasteiger charge is -2.35. The Labute approximate surface area is 188 Å². The van der Waals surface area contributed by atoms with E-state index in [1.54, 1.807) is 6.26 Å². The number of aliphatic imine (C=N–C) groups is 1. The van der Waals surface area contributed by atoms with E-state index >= 15 is 0 Å². The molecule has 1 aromatic rings. The average Bonchev–Trinajstić information content (AvgIpc) is 3.20. The van der Waals surface area contributed by atoms with Crippen LogP contribution in [0.4, 0.5) is 0 Å². The van der Waals surface area contributed by atoms with Gasteiger partial charge in [0.1, 0.15) is 5.76 Å². The van der Waals surface area contributed by atoms with Crippen LogP contribution in [-0.4, -0.2) is 67.1 Å². The van der Waals surface area contributed by atoms with Gasteiger partial charge < -0.3 is 20.0 Å². The van der Waals surface area contributed by atoms with E-state index in [9.17, 15) is 0 Å². The number of guanidine groups is 1. The first-order chi connectivity index (χ1) is 13.1. The predicted molar refractivity (Wildman–Crippen MR) is 129 cm³/mol. The maximum atomic E-state index is 5.70. The van der Waals surface area contributed by atoms with Gasteiger partial charge in [0.2, 0.25) is 0 Å². The lowest BCUT2D eigenvalue weighted by molar-refractivity contribution is 0.167. The van der Waals surface area contributed by atoms with Crippen molar-refractivity contribution in [2.24, 2.45) is 4.99 Å². The van der Waals surface area contributed by atoms with Gasteiger partial charge in [0, 0.05) is 31.7 Å². The van der Waals surface area contributed by atoms with Gasteiger partial charge in [0.25, 0.3) is 0 Å². The summed E-state index contributed by atoms with van der Waals surface area (Å²) in [5, 5.41) is 7.07. The number of likely N-dealkylation sites (tertiary alicyclic amines) is 1. The van der Waals surface area contributed by atoms with Crippen molar-refractivity contribution in [2.75, 3.05) is 39.3 Å². The molecule has 1 aliphatic rings. The zero-order valence-corrected chi connectivity index (χ0v) is 20.6. The zero-order valence-electron chi connectivity index (χ0n) is 18.3. The van der Waals surface area contributed by atoms with Crippen LogP contribution in [0, 0.1) is 0 Å². The molecule has 1 aromatic heterocycles.